The van der Waals surface area contributed by atoms with Gasteiger partial charge in [-0.25, -0.2) is 4.98 Å². The Kier molecular flexibility index (Phi) is 3.91. The molecule has 4 nitrogen and oxygen atoms in total. The summed E-state index contributed by atoms with van der Waals surface area (Å²) in [5.41, 5.74) is 5.72. The summed E-state index contributed by atoms with van der Waals surface area (Å²) >= 11 is 3.31. The average molecular weight is 286 g/mol. The lowest BCUT2D eigenvalue weighted by Crippen LogP contribution is -2.30. The molecule has 88 valence electrons. The fraction of sp³-hybridized carbons (Fsp3) is 0.455. The van der Waals surface area contributed by atoms with Crippen LogP contribution in [0.1, 0.15) is 27.2 Å². The molecular weight excluding hydrogens is 270 g/mol. The van der Waals surface area contributed by atoms with Crippen LogP contribution < -0.4 is 11.1 Å². The lowest BCUT2D eigenvalue weighted by atomic mass is 9.89. The Balaban J connectivity index is 2.85. The summed E-state index contributed by atoms with van der Waals surface area (Å²) < 4.78 is 0.688. The Morgan fingerprint density at radius 1 is 1.62 bits per heavy atom. The second-order valence-corrected chi connectivity index (χ2v) is 5.14. The number of pyridine rings is 1. The van der Waals surface area contributed by atoms with Crippen molar-refractivity contribution in [2.24, 2.45) is 5.41 Å². The lowest BCUT2D eigenvalue weighted by Gasteiger charge is -2.21. The zero-order valence-corrected chi connectivity index (χ0v) is 11.3. The van der Waals surface area contributed by atoms with Gasteiger partial charge in [0.2, 0.25) is 5.91 Å². The van der Waals surface area contributed by atoms with Crippen LogP contribution in [0.3, 0.4) is 0 Å². The minimum atomic E-state index is -0.400. The fourth-order valence-corrected chi connectivity index (χ4v) is 1.45. The molecule has 1 aromatic rings. The molecule has 0 saturated heterocycles. The summed E-state index contributed by atoms with van der Waals surface area (Å²) in [6.45, 7) is 5.77. The topological polar surface area (TPSA) is 68.0 Å². The smallest absolute Gasteiger partial charge is 0.231 e. The minimum Gasteiger partial charge on any atom is -0.397 e. The van der Waals surface area contributed by atoms with Gasteiger partial charge in [0, 0.05) is 5.41 Å². The van der Waals surface area contributed by atoms with Crippen molar-refractivity contribution in [3.05, 3.63) is 16.7 Å². The van der Waals surface area contributed by atoms with Gasteiger partial charge in [0.1, 0.15) is 5.82 Å². The standard InChI is InChI=1S/C11H16BrN3O/c1-4-11(2,3)10(16)15-9-8(12)5-7(13)6-14-9/h5-6H,4,13H2,1-3H3,(H,14,15,16). The van der Waals surface area contributed by atoms with E-state index in [1.54, 1.807) is 6.07 Å². The first-order chi connectivity index (χ1) is 7.36. The van der Waals surface area contributed by atoms with Gasteiger partial charge in [0.05, 0.1) is 16.4 Å². The van der Waals surface area contributed by atoms with Gasteiger partial charge in [-0.3, -0.25) is 4.79 Å². The molecule has 0 bridgehead atoms. The van der Waals surface area contributed by atoms with Crippen molar-refractivity contribution in [1.29, 1.82) is 0 Å². The molecule has 3 N–H and O–H groups in total. The molecule has 1 amide bonds. The highest BCUT2D eigenvalue weighted by atomic mass is 79.9. The largest absolute Gasteiger partial charge is 0.397 e. The number of anilines is 2. The van der Waals surface area contributed by atoms with Crippen molar-refractivity contribution < 1.29 is 4.79 Å². The van der Waals surface area contributed by atoms with E-state index in [-0.39, 0.29) is 5.91 Å². The van der Waals surface area contributed by atoms with Crippen LogP contribution in [0.25, 0.3) is 0 Å². The Morgan fingerprint density at radius 3 is 2.75 bits per heavy atom. The van der Waals surface area contributed by atoms with Gasteiger partial charge in [-0.2, -0.15) is 0 Å². The first-order valence-corrected chi connectivity index (χ1v) is 5.88. The first-order valence-electron chi connectivity index (χ1n) is 5.09. The quantitative estimate of drug-likeness (QED) is 0.897. The van der Waals surface area contributed by atoms with Crippen LogP contribution >= 0.6 is 15.9 Å². The second kappa shape index (κ2) is 4.82. The monoisotopic (exact) mass is 285 g/mol. The highest BCUT2D eigenvalue weighted by molar-refractivity contribution is 9.10. The molecule has 16 heavy (non-hydrogen) atoms. The number of hydrogen-bond acceptors (Lipinski definition) is 3. The number of amides is 1. The minimum absolute atomic E-state index is 0.0482. The Hall–Kier alpha value is -1.10. The van der Waals surface area contributed by atoms with E-state index in [0.717, 1.165) is 6.42 Å². The molecule has 1 rings (SSSR count). The summed E-state index contributed by atoms with van der Waals surface area (Å²) in [6.07, 6.45) is 2.28. The van der Waals surface area contributed by atoms with Crippen LogP contribution in [-0.2, 0) is 4.79 Å². The van der Waals surface area contributed by atoms with Crippen LogP contribution in [0.4, 0.5) is 11.5 Å². The molecule has 0 aliphatic carbocycles. The van der Waals surface area contributed by atoms with Gasteiger partial charge in [-0.15, -0.1) is 0 Å². The van der Waals surface area contributed by atoms with E-state index >= 15 is 0 Å². The van der Waals surface area contributed by atoms with Gasteiger partial charge in [0.25, 0.3) is 0 Å². The van der Waals surface area contributed by atoms with Crippen molar-refractivity contribution >= 4 is 33.3 Å². The van der Waals surface area contributed by atoms with E-state index in [9.17, 15) is 4.79 Å². The van der Waals surface area contributed by atoms with E-state index in [1.807, 2.05) is 20.8 Å². The third kappa shape index (κ3) is 2.95. The highest BCUT2D eigenvalue weighted by Gasteiger charge is 2.26. The maximum Gasteiger partial charge on any atom is 0.231 e. The Morgan fingerprint density at radius 2 is 2.25 bits per heavy atom. The molecular formula is C11H16BrN3O. The molecule has 5 heteroatoms. The SMILES string of the molecule is CCC(C)(C)C(=O)Nc1ncc(N)cc1Br. The zero-order chi connectivity index (χ0) is 12.3. The van der Waals surface area contributed by atoms with E-state index in [0.29, 0.717) is 16.0 Å². The number of hydrogen-bond donors (Lipinski definition) is 2. The number of nitrogen functional groups attached to an aromatic ring is 1. The Labute approximate surface area is 104 Å². The number of rotatable bonds is 3. The highest BCUT2D eigenvalue weighted by Crippen LogP contribution is 2.26. The number of nitrogens with zero attached hydrogens (tertiary/aromatic N) is 1. The summed E-state index contributed by atoms with van der Waals surface area (Å²) in [7, 11) is 0. The van der Waals surface area contributed by atoms with E-state index in [1.165, 1.54) is 6.20 Å². The van der Waals surface area contributed by atoms with Gasteiger partial charge in [-0.05, 0) is 28.4 Å². The summed E-state index contributed by atoms with van der Waals surface area (Å²) in [6, 6.07) is 1.71. The zero-order valence-electron chi connectivity index (χ0n) is 9.67. The normalized spacial score (nSPS) is 11.2. The second-order valence-electron chi connectivity index (χ2n) is 4.29. The molecule has 0 saturated carbocycles. The van der Waals surface area contributed by atoms with Crippen LogP contribution in [0.2, 0.25) is 0 Å². The van der Waals surface area contributed by atoms with Crippen LogP contribution in [0.15, 0.2) is 16.7 Å². The molecule has 0 aliphatic heterocycles. The summed E-state index contributed by atoms with van der Waals surface area (Å²) in [5.74, 6) is 0.452. The van der Waals surface area contributed by atoms with Gasteiger partial charge >= 0.3 is 0 Å². The number of carbonyl (C=O) groups excluding carboxylic acids is 1. The summed E-state index contributed by atoms with van der Waals surface area (Å²) in [5, 5.41) is 2.78. The van der Waals surface area contributed by atoms with Crippen molar-refractivity contribution in [1.82, 2.24) is 4.98 Å². The predicted molar refractivity (Wildman–Crippen MR) is 69.1 cm³/mol. The third-order valence-corrected chi connectivity index (χ3v) is 3.20. The van der Waals surface area contributed by atoms with Crippen molar-refractivity contribution in [2.45, 2.75) is 27.2 Å². The number of halogens is 1. The molecule has 1 aromatic heterocycles. The van der Waals surface area contributed by atoms with E-state index in [2.05, 4.69) is 26.2 Å². The predicted octanol–water partition coefficient (Wildman–Crippen LogP) is 2.80. The molecule has 0 aliphatic rings. The van der Waals surface area contributed by atoms with E-state index < -0.39 is 5.41 Å². The maximum atomic E-state index is 11.9. The number of nitrogens with one attached hydrogen (secondary N) is 1. The van der Waals surface area contributed by atoms with Gasteiger partial charge in [0.15, 0.2) is 0 Å². The summed E-state index contributed by atoms with van der Waals surface area (Å²) in [4.78, 5) is 16.0. The molecule has 0 radical (unpaired) electrons. The lowest BCUT2D eigenvalue weighted by molar-refractivity contribution is -0.124. The molecule has 0 fully saturated rings. The van der Waals surface area contributed by atoms with Crippen molar-refractivity contribution in [3.8, 4) is 0 Å². The van der Waals surface area contributed by atoms with Gasteiger partial charge < -0.3 is 11.1 Å². The number of carbonyl (C=O) groups is 1. The average Bonchev–Trinajstić information content (AvgIpc) is 2.22. The van der Waals surface area contributed by atoms with Crippen molar-refractivity contribution in [2.75, 3.05) is 11.1 Å². The fourth-order valence-electron chi connectivity index (χ4n) is 0.982. The van der Waals surface area contributed by atoms with Crippen LogP contribution in [0.5, 0.6) is 0 Å². The van der Waals surface area contributed by atoms with Crippen LogP contribution in [0, 0.1) is 5.41 Å². The number of nitrogens with two attached hydrogens (primary N) is 1. The third-order valence-electron chi connectivity index (χ3n) is 2.59. The molecule has 0 unspecified atom stereocenters. The molecule has 0 spiro atoms. The number of aromatic nitrogens is 1. The Bertz CT molecular complexity index is 404. The first kappa shape index (κ1) is 13.0. The van der Waals surface area contributed by atoms with Crippen molar-refractivity contribution in [3.63, 3.8) is 0 Å². The molecule has 1 heterocycles. The molecule has 0 aromatic carbocycles. The van der Waals surface area contributed by atoms with E-state index in [4.69, 9.17) is 5.73 Å². The molecule has 0 atom stereocenters. The maximum absolute atomic E-state index is 11.9. The van der Waals surface area contributed by atoms with Crippen LogP contribution in [-0.4, -0.2) is 10.9 Å². The van der Waals surface area contributed by atoms with Gasteiger partial charge in [-0.1, -0.05) is 20.8 Å².